The van der Waals surface area contributed by atoms with Crippen LogP contribution in [0.5, 0.6) is 0 Å². The average Bonchev–Trinajstić information content (AvgIpc) is 3.03. The van der Waals surface area contributed by atoms with Gasteiger partial charge in [-0.1, -0.05) is 18.7 Å². The SMILES string of the molecule is CCCOC(=O)[C@@H](C)Sc1nnc(-c2ccoc2C)n1N. The molecule has 0 aliphatic heterocycles. The fourth-order valence-corrected chi connectivity index (χ4v) is 2.45. The van der Waals surface area contributed by atoms with Gasteiger partial charge in [-0.05, 0) is 26.3 Å². The highest BCUT2D eigenvalue weighted by atomic mass is 32.2. The first-order valence-electron chi connectivity index (χ1n) is 6.62. The number of nitrogen functional groups attached to an aromatic ring is 1. The largest absolute Gasteiger partial charge is 0.469 e. The molecule has 0 radical (unpaired) electrons. The van der Waals surface area contributed by atoms with Crippen molar-refractivity contribution in [3.05, 3.63) is 18.1 Å². The Morgan fingerprint density at radius 1 is 1.57 bits per heavy atom. The van der Waals surface area contributed by atoms with Gasteiger partial charge in [-0.25, -0.2) is 4.68 Å². The Balaban J connectivity index is 2.11. The maximum absolute atomic E-state index is 11.8. The number of rotatable bonds is 6. The lowest BCUT2D eigenvalue weighted by molar-refractivity contribution is -0.142. The molecule has 2 N–H and O–H groups in total. The summed E-state index contributed by atoms with van der Waals surface area (Å²) in [5.41, 5.74) is 0.776. The molecule has 2 heterocycles. The Bertz CT molecular complexity index is 623. The Morgan fingerprint density at radius 2 is 2.33 bits per heavy atom. The lowest BCUT2D eigenvalue weighted by Gasteiger charge is -2.10. The zero-order chi connectivity index (χ0) is 15.4. The van der Waals surface area contributed by atoms with Gasteiger partial charge in [0.25, 0.3) is 0 Å². The first-order chi connectivity index (χ1) is 10.0. The van der Waals surface area contributed by atoms with E-state index in [0.29, 0.717) is 23.3 Å². The standard InChI is InChI=1S/C13H18N4O3S/c1-4-6-20-12(18)9(3)21-13-16-15-11(17(13)14)10-5-7-19-8(10)2/h5,7,9H,4,6,14H2,1-3H3/t9-/m1/s1. The summed E-state index contributed by atoms with van der Waals surface area (Å²) in [5.74, 6) is 6.91. The van der Waals surface area contributed by atoms with Gasteiger partial charge in [0.1, 0.15) is 11.0 Å². The minimum Gasteiger partial charge on any atom is -0.469 e. The first kappa shape index (κ1) is 15.4. The van der Waals surface area contributed by atoms with Gasteiger partial charge < -0.3 is 15.0 Å². The third kappa shape index (κ3) is 3.38. The molecule has 0 bridgehead atoms. The van der Waals surface area contributed by atoms with Crippen LogP contribution in [-0.4, -0.2) is 32.7 Å². The van der Waals surface area contributed by atoms with Crippen molar-refractivity contribution in [2.45, 2.75) is 37.6 Å². The molecule has 21 heavy (non-hydrogen) atoms. The topological polar surface area (TPSA) is 96.2 Å². The maximum atomic E-state index is 11.8. The second-order valence-corrected chi connectivity index (χ2v) is 5.80. The molecule has 8 heteroatoms. The van der Waals surface area contributed by atoms with Crippen molar-refractivity contribution in [1.29, 1.82) is 0 Å². The van der Waals surface area contributed by atoms with Crippen LogP contribution < -0.4 is 5.84 Å². The Hall–Kier alpha value is -1.96. The van der Waals surface area contributed by atoms with Crippen molar-refractivity contribution >= 4 is 17.7 Å². The molecular formula is C13H18N4O3S. The van der Waals surface area contributed by atoms with Gasteiger partial charge in [0.05, 0.1) is 18.4 Å². The van der Waals surface area contributed by atoms with E-state index in [1.807, 2.05) is 13.8 Å². The van der Waals surface area contributed by atoms with Gasteiger partial charge in [-0.3, -0.25) is 4.79 Å². The molecule has 1 atom stereocenters. The quantitative estimate of drug-likeness (QED) is 0.495. The van der Waals surface area contributed by atoms with E-state index in [-0.39, 0.29) is 5.97 Å². The van der Waals surface area contributed by atoms with E-state index in [1.165, 1.54) is 16.4 Å². The summed E-state index contributed by atoms with van der Waals surface area (Å²) in [6.45, 7) is 5.93. The van der Waals surface area contributed by atoms with E-state index in [0.717, 1.165) is 12.0 Å². The van der Waals surface area contributed by atoms with Gasteiger partial charge in [0.15, 0.2) is 5.82 Å². The number of nitrogens with zero attached hydrogens (tertiary/aromatic N) is 3. The van der Waals surface area contributed by atoms with Crippen LogP contribution in [-0.2, 0) is 9.53 Å². The first-order valence-corrected chi connectivity index (χ1v) is 7.50. The molecule has 114 valence electrons. The summed E-state index contributed by atoms with van der Waals surface area (Å²) >= 11 is 1.21. The summed E-state index contributed by atoms with van der Waals surface area (Å²) in [5, 5.41) is 8.11. The fourth-order valence-electron chi connectivity index (χ4n) is 1.68. The number of hydrogen-bond acceptors (Lipinski definition) is 7. The van der Waals surface area contributed by atoms with Crippen LogP contribution in [0, 0.1) is 6.92 Å². The fraction of sp³-hybridized carbons (Fsp3) is 0.462. The number of aromatic nitrogens is 3. The van der Waals surface area contributed by atoms with Crippen LogP contribution >= 0.6 is 11.8 Å². The normalized spacial score (nSPS) is 12.3. The van der Waals surface area contributed by atoms with Crippen molar-refractivity contribution in [3.63, 3.8) is 0 Å². The molecule has 0 saturated carbocycles. The third-order valence-electron chi connectivity index (χ3n) is 2.83. The summed E-state index contributed by atoms with van der Waals surface area (Å²) < 4.78 is 11.7. The van der Waals surface area contributed by atoms with Crippen LogP contribution in [0.3, 0.4) is 0 Å². The van der Waals surface area contributed by atoms with Crippen molar-refractivity contribution in [1.82, 2.24) is 14.9 Å². The highest BCUT2D eigenvalue weighted by Gasteiger charge is 2.21. The smallest absolute Gasteiger partial charge is 0.319 e. The van der Waals surface area contributed by atoms with Crippen LogP contribution in [0.4, 0.5) is 0 Å². The maximum Gasteiger partial charge on any atom is 0.319 e. The Labute approximate surface area is 126 Å². The second kappa shape index (κ2) is 6.66. The number of carbonyl (C=O) groups excluding carboxylic acids is 1. The molecule has 0 aromatic carbocycles. The van der Waals surface area contributed by atoms with E-state index >= 15 is 0 Å². The van der Waals surface area contributed by atoms with Crippen LogP contribution in [0.2, 0.25) is 0 Å². The zero-order valence-corrected chi connectivity index (χ0v) is 13.0. The van der Waals surface area contributed by atoms with Gasteiger partial charge in [0, 0.05) is 0 Å². The van der Waals surface area contributed by atoms with Crippen LogP contribution in [0.1, 0.15) is 26.0 Å². The number of aryl methyl sites for hydroxylation is 1. The molecule has 2 rings (SSSR count). The van der Waals surface area contributed by atoms with Crippen molar-refractivity contribution in [2.24, 2.45) is 0 Å². The molecule has 0 amide bonds. The van der Waals surface area contributed by atoms with Gasteiger partial charge in [0.2, 0.25) is 5.16 Å². The van der Waals surface area contributed by atoms with Crippen LogP contribution in [0.25, 0.3) is 11.4 Å². The molecular weight excluding hydrogens is 292 g/mol. The molecule has 2 aromatic rings. The Kier molecular flexibility index (Phi) is 4.89. The lowest BCUT2D eigenvalue weighted by atomic mass is 10.2. The number of esters is 1. The number of carbonyl (C=O) groups is 1. The van der Waals surface area contributed by atoms with Gasteiger partial charge in [-0.15, -0.1) is 10.2 Å². The zero-order valence-electron chi connectivity index (χ0n) is 12.2. The van der Waals surface area contributed by atoms with Gasteiger partial charge >= 0.3 is 5.97 Å². The van der Waals surface area contributed by atoms with E-state index in [9.17, 15) is 4.79 Å². The molecule has 0 aliphatic carbocycles. The highest BCUT2D eigenvalue weighted by molar-refractivity contribution is 8.00. The summed E-state index contributed by atoms with van der Waals surface area (Å²) in [6.07, 6.45) is 2.36. The van der Waals surface area contributed by atoms with E-state index in [2.05, 4.69) is 10.2 Å². The van der Waals surface area contributed by atoms with Crippen molar-refractivity contribution in [2.75, 3.05) is 12.4 Å². The molecule has 0 spiro atoms. The predicted octanol–water partition coefficient (Wildman–Crippen LogP) is 1.99. The number of furan rings is 1. The molecule has 0 unspecified atom stereocenters. The van der Waals surface area contributed by atoms with E-state index < -0.39 is 5.25 Å². The predicted molar refractivity (Wildman–Crippen MR) is 79.2 cm³/mol. The minimum atomic E-state index is -0.402. The second-order valence-electron chi connectivity index (χ2n) is 4.49. The summed E-state index contributed by atoms with van der Waals surface area (Å²) in [4.78, 5) is 11.8. The molecule has 0 fully saturated rings. The summed E-state index contributed by atoms with van der Waals surface area (Å²) in [7, 11) is 0. The van der Waals surface area contributed by atoms with Gasteiger partial charge in [-0.2, -0.15) is 0 Å². The molecule has 7 nitrogen and oxygen atoms in total. The van der Waals surface area contributed by atoms with E-state index in [1.54, 1.807) is 19.3 Å². The Morgan fingerprint density at radius 3 is 2.95 bits per heavy atom. The lowest BCUT2D eigenvalue weighted by Crippen LogP contribution is -2.19. The number of ether oxygens (including phenoxy) is 1. The molecule has 2 aromatic heterocycles. The summed E-state index contributed by atoms with van der Waals surface area (Å²) in [6, 6.07) is 1.77. The number of hydrogen-bond donors (Lipinski definition) is 1. The third-order valence-corrected chi connectivity index (χ3v) is 3.86. The van der Waals surface area contributed by atoms with Crippen molar-refractivity contribution in [3.8, 4) is 11.4 Å². The van der Waals surface area contributed by atoms with Crippen molar-refractivity contribution < 1.29 is 13.9 Å². The molecule has 0 aliphatic rings. The van der Waals surface area contributed by atoms with Crippen LogP contribution in [0.15, 0.2) is 21.9 Å². The number of nitrogens with two attached hydrogens (primary N) is 1. The highest BCUT2D eigenvalue weighted by Crippen LogP contribution is 2.27. The van der Waals surface area contributed by atoms with E-state index in [4.69, 9.17) is 15.0 Å². The number of thioether (sulfide) groups is 1. The average molecular weight is 310 g/mol. The minimum absolute atomic E-state index is 0.286. The monoisotopic (exact) mass is 310 g/mol. The molecule has 0 saturated heterocycles.